The van der Waals surface area contributed by atoms with Crippen LogP contribution in [0.15, 0.2) is 48.7 Å². The van der Waals surface area contributed by atoms with Gasteiger partial charge in [0.05, 0.1) is 12.7 Å². The van der Waals surface area contributed by atoms with E-state index in [4.69, 9.17) is 14.5 Å². The number of rotatable bonds is 7. The summed E-state index contributed by atoms with van der Waals surface area (Å²) in [5.74, 6) is -0.570. The fraction of sp³-hybridized carbons (Fsp3) is 0.333. The largest absolute Gasteiger partial charge is 0.496 e. The molecule has 7 heteroatoms. The highest BCUT2D eigenvalue weighted by Gasteiger charge is 2.32. The fourth-order valence-corrected chi connectivity index (χ4v) is 4.71. The summed E-state index contributed by atoms with van der Waals surface area (Å²) < 4.78 is 27.4. The van der Waals surface area contributed by atoms with Crippen molar-refractivity contribution in [3.8, 4) is 16.9 Å². The molecule has 0 saturated heterocycles. The number of carboxylic acids is 1. The highest BCUT2D eigenvalue weighted by Crippen LogP contribution is 2.41. The molecule has 1 atom stereocenters. The Morgan fingerprint density at radius 2 is 1.81 bits per heavy atom. The number of hydrogen-bond acceptors (Lipinski definition) is 4. The Bertz CT molecular complexity index is 1480. The highest BCUT2D eigenvalue weighted by atomic mass is 19.1. The zero-order chi connectivity index (χ0) is 27.1. The number of aliphatic carboxylic acids is 1. The number of pyridine rings is 1. The van der Waals surface area contributed by atoms with Crippen molar-refractivity contribution in [1.82, 2.24) is 9.55 Å². The summed E-state index contributed by atoms with van der Waals surface area (Å²) in [6.45, 7) is 11.5. The molecule has 37 heavy (non-hydrogen) atoms. The van der Waals surface area contributed by atoms with Gasteiger partial charge < -0.3 is 19.1 Å². The Labute approximate surface area is 216 Å². The van der Waals surface area contributed by atoms with Crippen molar-refractivity contribution in [2.24, 2.45) is 0 Å². The molecule has 0 unspecified atom stereocenters. The normalized spacial score (nSPS) is 12.6. The number of hydrogen-bond donors (Lipinski definition) is 1. The minimum atomic E-state index is -1.21. The molecular weight excluding hydrogens is 471 g/mol. The van der Waals surface area contributed by atoms with Crippen LogP contribution in [0.1, 0.15) is 54.8 Å². The molecule has 0 saturated carbocycles. The summed E-state index contributed by atoms with van der Waals surface area (Å²) in [5.41, 5.74) is 5.19. The molecule has 0 bridgehead atoms. The summed E-state index contributed by atoms with van der Waals surface area (Å²) in [7, 11) is 1.62. The maximum atomic E-state index is 13.8. The third-order valence-electron chi connectivity index (χ3n) is 6.35. The number of carboxylic acid groups (broad SMARTS) is 1. The first-order valence-electron chi connectivity index (χ1n) is 12.2. The second-order valence-corrected chi connectivity index (χ2v) is 10.4. The molecule has 2 aromatic carbocycles. The van der Waals surface area contributed by atoms with Crippen molar-refractivity contribution in [2.75, 3.05) is 7.11 Å². The van der Waals surface area contributed by atoms with Crippen LogP contribution >= 0.6 is 0 Å². The molecule has 4 rings (SSSR count). The van der Waals surface area contributed by atoms with Gasteiger partial charge in [0.1, 0.15) is 17.2 Å². The van der Waals surface area contributed by atoms with E-state index in [0.29, 0.717) is 29.0 Å². The van der Waals surface area contributed by atoms with Gasteiger partial charge in [0.15, 0.2) is 6.10 Å². The zero-order valence-electron chi connectivity index (χ0n) is 22.3. The summed E-state index contributed by atoms with van der Waals surface area (Å²) in [5, 5.41) is 11.0. The lowest BCUT2D eigenvalue weighted by molar-refractivity contribution is -0.160. The van der Waals surface area contributed by atoms with Gasteiger partial charge in [0, 0.05) is 34.9 Å². The molecule has 0 aliphatic heterocycles. The summed E-state index contributed by atoms with van der Waals surface area (Å²) >= 11 is 0. The Balaban J connectivity index is 1.98. The number of aryl methyl sites for hydroxylation is 3. The molecule has 0 radical (unpaired) electrons. The first kappa shape index (κ1) is 26.4. The molecule has 0 aliphatic carbocycles. The van der Waals surface area contributed by atoms with E-state index in [2.05, 4.69) is 0 Å². The van der Waals surface area contributed by atoms with E-state index in [-0.39, 0.29) is 5.82 Å². The number of aromatic nitrogens is 2. The summed E-state index contributed by atoms with van der Waals surface area (Å²) in [6, 6.07) is 12.8. The molecule has 1 N–H and O–H groups in total. The van der Waals surface area contributed by atoms with Gasteiger partial charge in [-0.25, -0.2) is 14.2 Å². The number of fused-ring (bicyclic) bond motifs is 1. The number of halogens is 1. The van der Waals surface area contributed by atoms with Gasteiger partial charge in [-0.1, -0.05) is 18.2 Å². The van der Waals surface area contributed by atoms with Crippen LogP contribution in [0.25, 0.3) is 22.2 Å². The van der Waals surface area contributed by atoms with Crippen LogP contribution in [0, 0.1) is 26.6 Å². The molecule has 4 aromatic rings. The van der Waals surface area contributed by atoms with Crippen LogP contribution in [0.4, 0.5) is 4.39 Å². The molecule has 2 aromatic heterocycles. The number of benzene rings is 2. The van der Waals surface area contributed by atoms with Gasteiger partial charge in [-0.3, -0.25) is 0 Å². The standard InChI is InChI=1S/C30H33FN2O4/c1-17-14-20(8-10-23(17)31)16-33-13-12-22-26(21-9-11-24(36-7)18(2)15-21)25(19(3)32-28(22)33)27(29(34)35)37-30(4,5)6/h8-15,27H,16H2,1-7H3,(H,34,35)/t27-/m0/s1. The summed E-state index contributed by atoms with van der Waals surface area (Å²) in [4.78, 5) is 17.4. The van der Waals surface area contributed by atoms with Crippen LogP contribution in [0.3, 0.4) is 0 Å². The molecule has 0 amide bonds. The lowest BCUT2D eigenvalue weighted by Gasteiger charge is -2.28. The first-order valence-corrected chi connectivity index (χ1v) is 12.2. The Kier molecular flexibility index (Phi) is 7.11. The lowest BCUT2D eigenvalue weighted by atomic mass is 9.91. The van der Waals surface area contributed by atoms with E-state index in [1.54, 1.807) is 20.1 Å². The molecule has 6 nitrogen and oxygen atoms in total. The van der Waals surface area contributed by atoms with Crippen molar-refractivity contribution < 1.29 is 23.8 Å². The third-order valence-corrected chi connectivity index (χ3v) is 6.35. The number of methoxy groups -OCH3 is 1. The van der Waals surface area contributed by atoms with Gasteiger partial charge in [-0.05, 0) is 88.1 Å². The van der Waals surface area contributed by atoms with Crippen LogP contribution in [-0.4, -0.2) is 33.3 Å². The summed E-state index contributed by atoms with van der Waals surface area (Å²) in [6.07, 6.45) is 0.720. The number of nitrogens with zero attached hydrogens (tertiary/aromatic N) is 2. The van der Waals surface area contributed by atoms with E-state index < -0.39 is 17.7 Å². The molecule has 0 aliphatic rings. The van der Waals surface area contributed by atoms with Gasteiger partial charge in [0.25, 0.3) is 0 Å². The number of ether oxygens (including phenoxy) is 2. The maximum absolute atomic E-state index is 13.8. The molecule has 194 valence electrons. The Hall–Kier alpha value is -3.71. The zero-order valence-corrected chi connectivity index (χ0v) is 22.3. The highest BCUT2D eigenvalue weighted by molar-refractivity contribution is 5.98. The minimum absolute atomic E-state index is 0.240. The van der Waals surface area contributed by atoms with E-state index in [0.717, 1.165) is 33.4 Å². The van der Waals surface area contributed by atoms with Crippen molar-refractivity contribution in [3.63, 3.8) is 0 Å². The van der Waals surface area contributed by atoms with Crippen LogP contribution < -0.4 is 4.74 Å². The molecule has 2 heterocycles. The van der Waals surface area contributed by atoms with Crippen molar-refractivity contribution in [1.29, 1.82) is 0 Å². The molecule has 0 spiro atoms. The smallest absolute Gasteiger partial charge is 0.337 e. The average Bonchev–Trinajstić information content (AvgIpc) is 3.20. The van der Waals surface area contributed by atoms with Gasteiger partial charge in [-0.15, -0.1) is 0 Å². The van der Waals surface area contributed by atoms with E-state index in [1.807, 2.05) is 75.7 Å². The predicted octanol–water partition coefficient (Wildman–Crippen LogP) is 6.77. The Morgan fingerprint density at radius 3 is 2.41 bits per heavy atom. The van der Waals surface area contributed by atoms with E-state index in [1.165, 1.54) is 6.07 Å². The topological polar surface area (TPSA) is 73.6 Å². The fourth-order valence-electron chi connectivity index (χ4n) is 4.71. The first-order chi connectivity index (χ1) is 17.4. The maximum Gasteiger partial charge on any atom is 0.337 e. The van der Waals surface area contributed by atoms with Crippen molar-refractivity contribution in [3.05, 3.63) is 82.4 Å². The minimum Gasteiger partial charge on any atom is -0.496 e. The van der Waals surface area contributed by atoms with Crippen LogP contribution in [0.5, 0.6) is 5.75 Å². The quantitative estimate of drug-likeness (QED) is 0.301. The molecular formula is C30H33FN2O4. The lowest BCUT2D eigenvalue weighted by Crippen LogP contribution is -2.28. The SMILES string of the molecule is COc1ccc(-c2c([C@H](OC(C)(C)C)C(=O)O)c(C)nc3c2ccn3Cc2ccc(F)c(C)c2)cc1C. The average molecular weight is 505 g/mol. The number of carbonyl (C=O) groups is 1. The second kappa shape index (κ2) is 9.98. The van der Waals surface area contributed by atoms with E-state index >= 15 is 0 Å². The van der Waals surface area contributed by atoms with Crippen molar-refractivity contribution in [2.45, 2.75) is 59.8 Å². The third kappa shape index (κ3) is 5.37. The Morgan fingerprint density at radius 1 is 1.08 bits per heavy atom. The van der Waals surface area contributed by atoms with E-state index in [9.17, 15) is 14.3 Å². The van der Waals surface area contributed by atoms with Gasteiger partial charge >= 0.3 is 5.97 Å². The van der Waals surface area contributed by atoms with Crippen LogP contribution in [0.2, 0.25) is 0 Å². The van der Waals surface area contributed by atoms with Crippen LogP contribution in [-0.2, 0) is 16.1 Å². The predicted molar refractivity (Wildman–Crippen MR) is 143 cm³/mol. The van der Waals surface area contributed by atoms with Gasteiger partial charge in [-0.2, -0.15) is 0 Å². The monoisotopic (exact) mass is 504 g/mol. The second-order valence-electron chi connectivity index (χ2n) is 10.4. The van der Waals surface area contributed by atoms with Crippen molar-refractivity contribution >= 4 is 17.0 Å². The molecule has 0 fully saturated rings. The van der Waals surface area contributed by atoms with Gasteiger partial charge in [0.2, 0.25) is 0 Å².